The van der Waals surface area contributed by atoms with E-state index in [1.165, 1.54) is 6.42 Å². The lowest BCUT2D eigenvalue weighted by molar-refractivity contribution is -0.384. The van der Waals surface area contributed by atoms with Crippen LogP contribution in [0.5, 0.6) is 0 Å². The molecule has 0 bridgehead atoms. The Bertz CT molecular complexity index is 518. The van der Waals surface area contributed by atoms with E-state index in [1.54, 1.807) is 12.3 Å². The van der Waals surface area contributed by atoms with Crippen molar-refractivity contribution in [2.75, 3.05) is 18.1 Å². The van der Waals surface area contributed by atoms with Crippen LogP contribution in [-0.4, -0.2) is 35.2 Å². The molecule has 6 heteroatoms. The lowest BCUT2D eigenvalue weighted by Gasteiger charge is -2.44. The molecule has 2 heterocycles. The Morgan fingerprint density at radius 1 is 1.45 bits per heavy atom. The van der Waals surface area contributed by atoms with Gasteiger partial charge in [-0.15, -0.1) is 0 Å². The standard InChI is InChI=1S/C14H19N3O3/c1-10-8-12(17(18)19)14(15-9-10)16-6-7-20-13-5-3-2-4-11(13)16/h8-9,11,13H,2-7H2,1H3/t11-,13+/m1/s1. The zero-order valence-electron chi connectivity index (χ0n) is 11.6. The first-order chi connectivity index (χ1) is 9.66. The quantitative estimate of drug-likeness (QED) is 0.613. The molecule has 1 saturated carbocycles. The van der Waals surface area contributed by atoms with Crippen molar-refractivity contribution in [3.8, 4) is 0 Å². The minimum atomic E-state index is -0.331. The molecule has 0 spiro atoms. The van der Waals surface area contributed by atoms with Gasteiger partial charge in [0.1, 0.15) is 0 Å². The summed E-state index contributed by atoms with van der Waals surface area (Å²) in [6.07, 6.45) is 6.30. The first-order valence-corrected chi connectivity index (χ1v) is 7.16. The summed E-state index contributed by atoms with van der Waals surface area (Å²) in [7, 11) is 0. The maximum atomic E-state index is 11.3. The third-order valence-electron chi connectivity index (χ3n) is 4.18. The molecule has 0 N–H and O–H groups in total. The van der Waals surface area contributed by atoms with Crippen LogP contribution < -0.4 is 4.90 Å². The number of hydrogen-bond donors (Lipinski definition) is 0. The number of pyridine rings is 1. The molecular formula is C14H19N3O3. The van der Waals surface area contributed by atoms with Gasteiger partial charge in [0.25, 0.3) is 0 Å². The molecule has 6 nitrogen and oxygen atoms in total. The number of anilines is 1. The summed E-state index contributed by atoms with van der Waals surface area (Å²) in [5, 5.41) is 11.3. The highest BCUT2D eigenvalue weighted by Gasteiger charge is 2.37. The second-order valence-corrected chi connectivity index (χ2v) is 5.57. The molecule has 108 valence electrons. The lowest BCUT2D eigenvalue weighted by Crippen LogP contribution is -2.53. The van der Waals surface area contributed by atoms with Crippen LogP contribution >= 0.6 is 0 Å². The summed E-state index contributed by atoms with van der Waals surface area (Å²) >= 11 is 0. The molecule has 1 aliphatic carbocycles. The van der Waals surface area contributed by atoms with Gasteiger partial charge in [-0.2, -0.15) is 0 Å². The number of nitro groups is 1. The number of morpholine rings is 1. The first-order valence-electron chi connectivity index (χ1n) is 7.16. The number of fused-ring (bicyclic) bond motifs is 1. The second-order valence-electron chi connectivity index (χ2n) is 5.57. The van der Waals surface area contributed by atoms with E-state index in [9.17, 15) is 10.1 Å². The van der Waals surface area contributed by atoms with Crippen molar-refractivity contribution < 1.29 is 9.66 Å². The molecular weight excluding hydrogens is 258 g/mol. The van der Waals surface area contributed by atoms with Gasteiger partial charge < -0.3 is 9.64 Å². The molecule has 1 aromatic rings. The fourth-order valence-electron chi connectivity index (χ4n) is 3.26. The molecule has 1 aromatic heterocycles. The van der Waals surface area contributed by atoms with Gasteiger partial charge in [-0.1, -0.05) is 12.8 Å². The van der Waals surface area contributed by atoms with Gasteiger partial charge in [0.05, 0.1) is 23.7 Å². The zero-order chi connectivity index (χ0) is 14.1. The minimum Gasteiger partial charge on any atom is -0.374 e. The Morgan fingerprint density at radius 3 is 3.05 bits per heavy atom. The van der Waals surface area contributed by atoms with E-state index >= 15 is 0 Å². The normalized spacial score (nSPS) is 26.1. The van der Waals surface area contributed by atoms with Crippen LogP contribution in [0.15, 0.2) is 12.3 Å². The average molecular weight is 277 g/mol. The van der Waals surface area contributed by atoms with Crippen LogP contribution in [0.4, 0.5) is 11.5 Å². The van der Waals surface area contributed by atoms with Crippen LogP contribution in [0.2, 0.25) is 0 Å². The van der Waals surface area contributed by atoms with Gasteiger partial charge in [0.2, 0.25) is 5.82 Å². The van der Waals surface area contributed by atoms with Gasteiger partial charge in [0, 0.05) is 18.8 Å². The van der Waals surface area contributed by atoms with Gasteiger partial charge in [-0.25, -0.2) is 4.98 Å². The Morgan fingerprint density at radius 2 is 2.25 bits per heavy atom. The van der Waals surface area contributed by atoms with Gasteiger partial charge >= 0.3 is 5.69 Å². The van der Waals surface area contributed by atoms with Gasteiger partial charge in [0.15, 0.2) is 0 Å². The third-order valence-corrected chi connectivity index (χ3v) is 4.18. The summed E-state index contributed by atoms with van der Waals surface area (Å²) < 4.78 is 5.82. The average Bonchev–Trinajstić information content (AvgIpc) is 2.46. The number of nitrogens with zero attached hydrogens (tertiary/aromatic N) is 3. The minimum absolute atomic E-state index is 0.108. The van der Waals surface area contributed by atoms with E-state index in [2.05, 4.69) is 9.88 Å². The largest absolute Gasteiger partial charge is 0.374 e. The Balaban J connectivity index is 1.96. The maximum absolute atomic E-state index is 11.3. The molecule has 0 radical (unpaired) electrons. The van der Waals surface area contributed by atoms with E-state index in [-0.39, 0.29) is 22.8 Å². The van der Waals surface area contributed by atoms with Crippen LogP contribution in [-0.2, 0) is 4.74 Å². The van der Waals surface area contributed by atoms with E-state index in [0.717, 1.165) is 24.8 Å². The van der Waals surface area contributed by atoms with Crippen LogP contribution in [0.1, 0.15) is 31.2 Å². The smallest absolute Gasteiger partial charge is 0.311 e. The van der Waals surface area contributed by atoms with E-state index in [0.29, 0.717) is 19.0 Å². The highest BCUT2D eigenvalue weighted by molar-refractivity contribution is 5.59. The maximum Gasteiger partial charge on any atom is 0.311 e. The highest BCUT2D eigenvalue weighted by Crippen LogP contribution is 2.35. The van der Waals surface area contributed by atoms with E-state index < -0.39 is 0 Å². The lowest BCUT2D eigenvalue weighted by atomic mass is 9.90. The van der Waals surface area contributed by atoms with Crippen molar-refractivity contribution in [1.29, 1.82) is 0 Å². The van der Waals surface area contributed by atoms with Crippen molar-refractivity contribution in [1.82, 2.24) is 4.98 Å². The molecule has 1 saturated heterocycles. The van der Waals surface area contributed by atoms with Gasteiger partial charge in [-0.05, 0) is 25.3 Å². The second kappa shape index (κ2) is 5.36. The predicted molar refractivity (Wildman–Crippen MR) is 75.0 cm³/mol. The van der Waals surface area contributed by atoms with Crippen LogP contribution in [0.3, 0.4) is 0 Å². The van der Waals surface area contributed by atoms with Crippen LogP contribution in [0, 0.1) is 17.0 Å². The molecule has 1 aliphatic heterocycles. The molecule has 3 rings (SSSR count). The van der Waals surface area contributed by atoms with E-state index in [1.807, 2.05) is 6.92 Å². The zero-order valence-corrected chi connectivity index (χ0v) is 11.6. The molecule has 2 atom stereocenters. The van der Waals surface area contributed by atoms with Crippen molar-refractivity contribution >= 4 is 11.5 Å². The van der Waals surface area contributed by atoms with Crippen molar-refractivity contribution in [3.05, 3.63) is 27.9 Å². The van der Waals surface area contributed by atoms with Crippen LogP contribution in [0.25, 0.3) is 0 Å². The van der Waals surface area contributed by atoms with E-state index in [4.69, 9.17) is 4.74 Å². The number of aromatic nitrogens is 1. The summed E-state index contributed by atoms with van der Waals surface area (Å²) in [5.41, 5.74) is 0.921. The highest BCUT2D eigenvalue weighted by atomic mass is 16.6. The molecule has 0 unspecified atom stereocenters. The number of rotatable bonds is 2. The summed E-state index contributed by atoms with van der Waals surface area (Å²) in [4.78, 5) is 17.4. The van der Waals surface area contributed by atoms with Crippen molar-refractivity contribution in [3.63, 3.8) is 0 Å². The molecule has 0 aromatic carbocycles. The SMILES string of the molecule is Cc1cnc(N2CCO[C@H]3CCCC[C@H]32)c([N+](=O)[O-])c1. The number of ether oxygens (including phenoxy) is 1. The fraction of sp³-hybridized carbons (Fsp3) is 0.643. The molecule has 20 heavy (non-hydrogen) atoms. The number of aryl methyl sites for hydroxylation is 1. The van der Waals surface area contributed by atoms with Crippen molar-refractivity contribution in [2.45, 2.75) is 44.8 Å². The topological polar surface area (TPSA) is 68.5 Å². The Labute approximate surface area is 117 Å². The number of hydrogen-bond acceptors (Lipinski definition) is 5. The van der Waals surface area contributed by atoms with Gasteiger partial charge in [-0.3, -0.25) is 10.1 Å². The summed E-state index contributed by atoms with van der Waals surface area (Å²) in [6.45, 7) is 3.12. The Kier molecular flexibility index (Phi) is 3.56. The first kappa shape index (κ1) is 13.3. The summed E-state index contributed by atoms with van der Waals surface area (Å²) in [5.74, 6) is 0.501. The molecule has 2 fully saturated rings. The fourth-order valence-corrected chi connectivity index (χ4v) is 3.26. The van der Waals surface area contributed by atoms with Crippen molar-refractivity contribution in [2.24, 2.45) is 0 Å². The monoisotopic (exact) mass is 277 g/mol. The third kappa shape index (κ3) is 2.35. The molecule has 2 aliphatic rings. The molecule has 0 amide bonds. The Hall–Kier alpha value is -1.69. The predicted octanol–water partition coefficient (Wildman–Crippen LogP) is 2.45. The summed E-state index contributed by atoms with van der Waals surface area (Å²) in [6, 6.07) is 1.83.